The largest absolute Gasteiger partial charge is 0.355 e. The summed E-state index contributed by atoms with van der Waals surface area (Å²) in [6, 6.07) is 18.5. The molecule has 0 atom stereocenters. The van der Waals surface area contributed by atoms with Gasteiger partial charge in [-0.25, -0.2) is 9.97 Å². The highest BCUT2D eigenvalue weighted by molar-refractivity contribution is 5.92. The highest BCUT2D eigenvalue weighted by atomic mass is 16.6. The van der Waals surface area contributed by atoms with E-state index in [-0.39, 0.29) is 17.3 Å². The quantitative estimate of drug-likeness (QED) is 0.341. The maximum atomic E-state index is 11.7. The summed E-state index contributed by atoms with van der Waals surface area (Å²) in [5.74, 6) is 0.107. The van der Waals surface area contributed by atoms with Gasteiger partial charge < -0.3 is 5.32 Å². The van der Waals surface area contributed by atoms with Gasteiger partial charge in [0, 0.05) is 11.6 Å². The van der Waals surface area contributed by atoms with Crippen molar-refractivity contribution in [3.05, 3.63) is 83.3 Å². The van der Waals surface area contributed by atoms with E-state index >= 15 is 0 Å². The second kappa shape index (κ2) is 7.54. The van der Waals surface area contributed by atoms with Gasteiger partial charge in [0.25, 0.3) is 0 Å². The lowest BCUT2D eigenvalue weighted by atomic mass is 10.2. The molecule has 0 unspecified atom stereocenters. The fourth-order valence-corrected chi connectivity index (χ4v) is 2.72. The summed E-state index contributed by atoms with van der Waals surface area (Å²) in [4.78, 5) is 23.6. The Morgan fingerprint density at radius 2 is 1.61 bits per heavy atom. The molecule has 9 heteroatoms. The van der Waals surface area contributed by atoms with Gasteiger partial charge in [0.15, 0.2) is 0 Å². The van der Waals surface area contributed by atoms with E-state index in [1.54, 1.807) is 12.3 Å². The van der Waals surface area contributed by atoms with Crippen molar-refractivity contribution in [3.63, 3.8) is 0 Å². The van der Waals surface area contributed by atoms with Gasteiger partial charge in [-0.05, 0) is 24.3 Å². The van der Waals surface area contributed by atoms with Crippen LogP contribution in [0.25, 0.3) is 10.9 Å². The summed E-state index contributed by atoms with van der Waals surface area (Å²) < 4.78 is 0. The van der Waals surface area contributed by atoms with Crippen molar-refractivity contribution in [3.8, 4) is 0 Å². The van der Waals surface area contributed by atoms with E-state index in [0.29, 0.717) is 11.2 Å². The lowest BCUT2D eigenvalue weighted by Gasteiger charge is -2.12. The fraction of sp³-hybridized carbons (Fsp3) is 0. The van der Waals surface area contributed by atoms with Crippen molar-refractivity contribution < 1.29 is 4.92 Å². The van der Waals surface area contributed by atoms with Crippen LogP contribution in [0.3, 0.4) is 0 Å². The van der Waals surface area contributed by atoms with Crippen LogP contribution >= 0.6 is 0 Å². The summed E-state index contributed by atoms with van der Waals surface area (Å²) in [7, 11) is 0. The summed E-state index contributed by atoms with van der Waals surface area (Å²) in [6.07, 6.45) is 2.92. The third kappa shape index (κ3) is 3.49. The molecule has 0 radical (unpaired) electrons. The van der Waals surface area contributed by atoms with Crippen LogP contribution in [0.1, 0.15) is 0 Å². The van der Waals surface area contributed by atoms with Crippen LogP contribution in [0.2, 0.25) is 0 Å². The lowest BCUT2D eigenvalue weighted by molar-refractivity contribution is -0.383. The highest BCUT2D eigenvalue weighted by Gasteiger charge is 2.23. The maximum absolute atomic E-state index is 11.7. The van der Waals surface area contributed by atoms with E-state index in [1.807, 2.05) is 54.6 Å². The average Bonchev–Trinajstić information content (AvgIpc) is 2.73. The fourth-order valence-electron chi connectivity index (χ4n) is 2.72. The van der Waals surface area contributed by atoms with E-state index in [9.17, 15) is 10.1 Å². The number of rotatable bonds is 6. The number of pyridine rings is 1. The molecule has 2 heterocycles. The Bertz CT molecular complexity index is 1130. The van der Waals surface area contributed by atoms with Crippen molar-refractivity contribution >= 4 is 39.6 Å². The number of benzene rings is 2. The van der Waals surface area contributed by atoms with E-state index in [2.05, 4.69) is 31.1 Å². The van der Waals surface area contributed by atoms with E-state index in [0.717, 1.165) is 11.1 Å². The number of para-hydroxylation sites is 2. The third-order valence-corrected chi connectivity index (χ3v) is 3.99. The van der Waals surface area contributed by atoms with Crippen LogP contribution in [0.15, 0.2) is 73.2 Å². The number of nitro groups is 1. The van der Waals surface area contributed by atoms with E-state index in [1.165, 1.54) is 6.33 Å². The smallest absolute Gasteiger partial charge is 0.332 e. The molecule has 2 aromatic heterocycles. The molecule has 0 spiro atoms. The van der Waals surface area contributed by atoms with Crippen LogP contribution in [-0.2, 0) is 0 Å². The minimum atomic E-state index is -0.532. The number of hydrogen-bond acceptors (Lipinski definition) is 8. The van der Waals surface area contributed by atoms with E-state index in [4.69, 9.17) is 0 Å². The zero-order valence-electron chi connectivity index (χ0n) is 14.5. The van der Waals surface area contributed by atoms with Gasteiger partial charge in [-0.1, -0.05) is 36.4 Å². The number of nitrogens with zero attached hydrogens (tertiary/aromatic N) is 4. The molecule has 2 aromatic carbocycles. The molecule has 3 N–H and O–H groups in total. The van der Waals surface area contributed by atoms with Gasteiger partial charge in [-0.15, -0.1) is 0 Å². The van der Waals surface area contributed by atoms with Crippen molar-refractivity contribution in [2.45, 2.75) is 0 Å². The summed E-state index contributed by atoms with van der Waals surface area (Å²) in [5, 5.41) is 15.6. The zero-order valence-corrected chi connectivity index (χ0v) is 14.5. The molecule has 138 valence electrons. The molecule has 0 fully saturated rings. The average molecular weight is 373 g/mol. The van der Waals surface area contributed by atoms with Crippen LogP contribution in [-0.4, -0.2) is 19.9 Å². The highest BCUT2D eigenvalue weighted by Crippen LogP contribution is 2.32. The minimum absolute atomic E-state index is 0.0412. The van der Waals surface area contributed by atoms with Gasteiger partial charge in [0.05, 0.1) is 21.8 Å². The molecule has 0 saturated heterocycles. The number of anilines is 4. The minimum Gasteiger partial charge on any atom is -0.332 e. The standard InChI is InChI=1S/C19H15N7O2/c27-26(28)17-18(23-15-10-4-6-13-7-5-11-20-16(13)15)21-12-22-19(17)25-24-14-8-2-1-3-9-14/h1-12,24H,(H2,21,22,23,25). The Labute approximate surface area is 159 Å². The van der Waals surface area contributed by atoms with E-state index < -0.39 is 4.92 Å². The Balaban J connectivity index is 1.68. The van der Waals surface area contributed by atoms with Crippen LogP contribution < -0.4 is 16.2 Å². The second-order valence-electron chi connectivity index (χ2n) is 5.80. The molecule has 4 aromatic rings. The Kier molecular flexibility index (Phi) is 4.62. The molecule has 9 nitrogen and oxygen atoms in total. The molecule has 4 rings (SSSR count). The molecule has 0 bridgehead atoms. The Morgan fingerprint density at radius 1 is 0.821 bits per heavy atom. The van der Waals surface area contributed by atoms with Crippen molar-refractivity contribution in [2.75, 3.05) is 16.2 Å². The topological polar surface area (TPSA) is 118 Å². The monoisotopic (exact) mass is 373 g/mol. The zero-order chi connectivity index (χ0) is 19.3. The van der Waals surface area contributed by atoms with Crippen molar-refractivity contribution in [1.29, 1.82) is 0 Å². The predicted octanol–water partition coefficient (Wildman–Crippen LogP) is 4.12. The van der Waals surface area contributed by atoms with Gasteiger partial charge in [0.1, 0.15) is 6.33 Å². The molecule has 0 aliphatic heterocycles. The summed E-state index contributed by atoms with van der Waals surface area (Å²) >= 11 is 0. The number of aromatic nitrogens is 3. The normalized spacial score (nSPS) is 10.4. The van der Waals surface area contributed by atoms with Crippen LogP contribution in [0, 0.1) is 10.1 Å². The van der Waals surface area contributed by atoms with Crippen molar-refractivity contribution in [1.82, 2.24) is 15.0 Å². The molecule has 28 heavy (non-hydrogen) atoms. The van der Waals surface area contributed by atoms with Gasteiger partial charge >= 0.3 is 5.69 Å². The second-order valence-corrected chi connectivity index (χ2v) is 5.80. The molecule has 0 amide bonds. The first-order chi connectivity index (χ1) is 13.7. The Morgan fingerprint density at radius 3 is 2.43 bits per heavy atom. The summed E-state index contributed by atoms with van der Waals surface area (Å²) in [6.45, 7) is 0. The molecule has 0 aliphatic rings. The lowest BCUT2D eigenvalue weighted by Crippen LogP contribution is -2.13. The van der Waals surface area contributed by atoms with Gasteiger partial charge in [-0.2, -0.15) is 0 Å². The number of hydrazine groups is 1. The van der Waals surface area contributed by atoms with Crippen LogP contribution in [0.4, 0.5) is 28.7 Å². The Hall–Kier alpha value is -4.27. The number of nitrogens with one attached hydrogen (secondary N) is 3. The SMILES string of the molecule is O=[N+]([O-])c1c(NNc2ccccc2)ncnc1Nc1cccc2cccnc12. The number of hydrogen-bond donors (Lipinski definition) is 3. The van der Waals surface area contributed by atoms with Crippen molar-refractivity contribution in [2.24, 2.45) is 0 Å². The predicted molar refractivity (Wildman–Crippen MR) is 107 cm³/mol. The van der Waals surface area contributed by atoms with Crippen LogP contribution in [0.5, 0.6) is 0 Å². The first-order valence-electron chi connectivity index (χ1n) is 8.39. The molecular formula is C19H15N7O2. The molecule has 0 saturated carbocycles. The maximum Gasteiger partial charge on any atom is 0.355 e. The molecule has 0 aliphatic carbocycles. The first-order valence-corrected chi connectivity index (χ1v) is 8.39. The number of fused-ring (bicyclic) bond motifs is 1. The van der Waals surface area contributed by atoms with Gasteiger partial charge in [0.2, 0.25) is 11.6 Å². The summed E-state index contributed by atoms with van der Waals surface area (Å²) in [5.41, 5.74) is 7.43. The third-order valence-electron chi connectivity index (χ3n) is 3.99. The first kappa shape index (κ1) is 17.2. The van der Waals surface area contributed by atoms with Gasteiger partial charge in [-0.3, -0.25) is 25.9 Å². The molecular weight excluding hydrogens is 358 g/mol.